The summed E-state index contributed by atoms with van der Waals surface area (Å²) >= 11 is 0. The smallest absolute Gasteiger partial charge is 0.0945 e. The van der Waals surface area contributed by atoms with Crippen LogP contribution in [0.25, 0.3) is 0 Å². The molecule has 0 saturated heterocycles. The van der Waals surface area contributed by atoms with E-state index in [-0.39, 0.29) is 6.10 Å². The Bertz CT molecular complexity index is 630. The van der Waals surface area contributed by atoms with Crippen molar-refractivity contribution in [1.29, 1.82) is 0 Å². The van der Waals surface area contributed by atoms with Gasteiger partial charge in [0.2, 0.25) is 0 Å². The quantitative estimate of drug-likeness (QED) is 0.187. The predicted octanol–water partition coefficient (Wildman–Crippen LogP) is 7.58. The lowest BCUT2D eigenvalue weighted by Crippen LogP contribution is -2.20. The van der Waals surface area contributed by atoms with Gasteiger partial charge in [0.15, 0.2) is 0 Å². The van der Waals surface area contributed by atoms with Gasteiger partial charge in [-0.15, -0.1) is 0 Å². The third kappa shape index (κ3) is 13.7. The SMILES string of the molecule is CCCC(COCCCCCCCCCCCCCn1ccnc1)OCc1ccccc1. The Kier molecular flexibility index (Phi) is 15.7. The molecule has 0 spiro atoms. The monoisotopic (exact) mass is 442 g/mol. The summed E-state index contributed by atoms with van der Waals surface area (Å²) < 4.78 is 14.2. The van der Waals surface area contributed by atoms with E-state index in [1.54, 1.807) is 0 Å². The predicted molar refractivity (Wildman–Crippen MR) is 134 cm³/mol. The first-order chi connectivity index (χ1) is 15.9. The summed E-state index contributed by atoms with van der Waals surface area (Å²) in [6.45, 7) is 5.60. The molecule has 0 radical (unpaired) electrons. The van der Waals surface area contributed by atoms with Crippen molar-refractivity contribution in [3.05, 3.63) is 54.6 Å². The Morgan fingerprint density at radius 1 is 0.844 bits per heavy atom. The lowest BCUT2D eigenvalue weighted by atomic mass is 10.1. The number of rotatable bonds is 21. The molecular weight excluding hydrogens is 396 g/mol. The van der Waals surface area contributed by atoms with Crippen LogP contribution in [-0.2, 0) is 22.6 Å². The van der Waals surface area contributed by atoms with E-state index in [1.165, 1.54) is 76.2 Å². The van der Waals surface area contributed by atoms with E-state index < -0.39 is 0 Å². The van der Waals surface area contributed by atoms with Crippen LogP contribution in [0.5, 0.6) is 0 Å². The minimum Gasteiger partial charge on any atom is -0.379 e. The fourth-order valence-electron chi connectivity index (χ4n) is 4.05. The molecule has 2 rings (SSSR count). The van der Waals surface area contributed by atoms with Crippen molar-refractivity contribution in [3.8, 4) is 0 Å². The second-order valence-corrected chi connectivity index (χ2v) is 8.97. The van der Waals surface area contributed by atoms with Crippen molar-refractivity contribution < 1.29 is 9.47 Å². The average molecular weight is 443 g/mol. The largest absolute Gasteiger partial charge is 0.379 e. The average Bonchev–Trinajstić information content (AvgIpc) is 3.34. The van der Waals surface area contributed by atoms with Gasteiger partial charge < -0.3 is 14.0 Å². The number of aromatic nitrogens is 2. The molecule has 0 aliphatic carbocycles. The maximum atomic E-state index is 6.07. The molecule has 4 nitrogen and oxygen atoms in total. The highest BCUT2D eigenvalue weighted by Crippen LogP contribution is 2.12. The van der Waals surface area contributed by atoms with Crippen LogP contribution in [0.1, 0.15) is 96.0 Å². The van der Waals surface area contributed by atoms with Crippen LogP contribution in [0.3, 0.4) is 0 Å². The topological polar surface area (TPSA) is 36.3 Å². The third-order valence-corrected chi connectivity index (χ3v) is 6.01. The van der Waals surface area contributed by atoms with E-state index in [9.17, 15) is 0 Å². The van der Waals surface area contributed by atoms with Crippen LogP contribution in [0.4, 0.5) is 0 Å². The van der Waals surface area contributed by atoms with Crippen molar-refractivity contribution in [1.82, 2.24) is 9.55 Å². The lowest BCUT2D eigenvalue weighted by Gasteiger charge is -2.17. The fraction of sp³-hybridized carbons (Fsp3) is 0.679. The molecule has 1 aromatic heterocycles. The molecule has 0 bridgehead atoms. The molecule has 1 atom stereocenters. The summed E-state index contributed by atoms with van der Waals surface area (Å²) in [5, 5.41) is 0. The van der Waals surface area contributed by atoms with Gasteiger partial charge in [0.1, 0.15) is 0 Å². The first-order valence-electron chi connectivity index (χ1n) is 13.1. The second kappa shape index (κ2) is 18.9. The van der Waals surface area contributed by atoms with E-state index in [4.69, 9.17) is 9.47 Å². The molecule has 180 valence electrons. The number of benzene rings is 1. The van der Waals surface area contributed by atoms with Gasteiger partial charge in [0, 0.05) is 25.5 Å². The molecule has 32 heavy (non-hydrogen) atoms. The Labute approximate surface area is 196 Å². The first-order valence-corrected chi connectivity index (χ1v) is 13.1. The maximum absolute atomic E-state index is 6.07. The number of ether oxygens (including phenoxy) is 2. The molecule has 0 amide bonds. The first kappa shape index (κ1) is 26.6. The zero-order valence-corrected chi connectivity index (χ0v) is 20.4. The Morgan fingerprint density at radius 3 is 2.12 bits per heavy atom. The molecule has 0 saturated carbocycles. The number of unbranched alkanes of at least 4 members (excludes halogenated alkanes) is 10. The van der Waals surface area contributed by atoms with E-state index in [0.717, 1.165) is 32.6 Å². The molecule has 1 aromatic carbocycles. The van der Waals surface area contributed by atoms with Crippen LogP contribution < -0.4 is 0 Å². The second-order valence-electron chi connectivity index (χ2n) is 8.97. The number of hydrogen-bond donors (Lipinski definition) is 0. The van der Waals surface area contributed by atoms with Crippen molar-refractivity contribution in [2.24, 2.45) is 0 Å². The normalized spacial score (nSPS) is 12.3. The molecule has 2 aromatic rings. The van der Waals surface area contributed by atoms with Gasteiger partial charge >= 0.3 is 0 Å². The highest BCUT2D eigenvalue weighted by Gasteiger charge is 2.08. The van der Waals surface area contributed by atoms with Gasteiger partial charge in [-0.2, -0.15) is 0 Å². The maximum Gasteiger partial charge on any atom is 0.0945 e. The Balaban J connectivity index is 1.32. The van der Waals surface area contributed by atoms with Gasteiger partial charge in [-0.3, -0.25) is 0 Å². The molecule has 0 aliphatic rings. The summed E-state index contributed by atoms with van der Waals surface area (Å²) in [6, 6.07) is 10.4. The number of hydrogen-bond acceptors (Lipinski definition) is 3. The van der Waals surface area contributed by atoms with Crippen molar-refractivity contribution in [2.45, 2.75) is 110 Å². The highest BCUT2D eigenvalue weighted by atomic mass is 16.5. The number of nitrogens with zero attached hydrogens (tertiary/aromatic N) is 2. The minimum atomic E-state index is 0.214. The number of aryl methyl sites for hydroxylation is 1. The zero-order valence-electron chi connectivity index (χ0n) is 20.4. The molecular formula is C28H46N2O2. The summed E-state index contributed by atoms with van der Waals surface area (Å²) in [5.74, 6) is 0. The third-order valence-electron chi connectivity index (χ3n) is 6.01. The van der Waals surface area contributed by atoms with E-state index in [1.807, 2.05) is 18.6 Å². The van der Waals surface area contributed by atoms with Gasteiger partial charge in [-0.1, -0.05) is 101 Å². The summed E-state index contributed by atoms with van der Waals surface area (Å²) in [4.78, 5) is 4.09. The van der Waals surface area contributed by atoms with E-state index >= 15 is 0 Å². The van der Waals surface area contributed by atoms with E-state index in [0.29, 0.717) is 6.61 Å². The van der Waals surface area contributed by atoms with Crippen LogP contribution >= 0.6 is 0 Å². The summed E-state index contributed by atoms with van der Waals surface area (Å²) in [7, 11) is 0. The van der Waals surface area contributed by atoms with Gasteiger partial charge in [0.25, 0.3) is 0 Å². The van der Waals surface area contributed by atoms with Crippen molar-refractivity contribution in [3.63, 3.8) is 0 Å². The standard InChI is InChI=1S/C28H46N2O2/c1-2-17-28(32-24-27-18-13-12-14-19-27)25-31-23-16-11-9-7-5-3-4-6-8-10-15-21-30-22-20-29-26-30/h12-14,18-20,22,26,28H,2-11,15-17,21,23-25H2,1H3. The molecule has 1 heterocycles. The zero-order chi connectivity index (χ0) is 22.5. The van der Waals surface area contributed by atoms with Gasteiger partial charge in [0.05, 0.1) is 25.6 Å². The van der Waals surface area contributed by atoms with Crippen LogP contribution in [0.15, 0.2) is 49.1 Å². The van der Waals surface area contributed by atoms with Crippen LogP contribution in [-0.4, -0.2) is 28.9 Å². The Hall–Kier alpha value is -1.65. The van der Waals surface area contributed by atoms with Crippen LogP contribution in [0, 0.1) is 0 Å². The molecule has 0 fully saturated rings. The van der Waals surface area contributed by atoms with Gasteiger partial charge in [-0.05, 0) is 24.8 Å². The number of imidazole rings is 1. The van der Waals surface area contributed by atoms with E-state index in [2.05, 4.69) is 46.9 Å². The molecule has 1 unspecified atom stereocenters. The highest BCUT2D eigenvalue weighted by molar-refractivity contribution is 5.13. The fourth-order valence-corrected chi connectivity index (χ4v) is 4.05. The molecule has 0 N–H and O–H groups in total. The minimum absolute atomic E-state index is 0.214. The van der Waals surface area contributed by atoms with Crippen LogP contribution in [0.2, 0.25) is 0 Å². The summed E-state index contributed by atoms with van der Waals surface area (Å²) in [5.41, 5.74) is 1.24. The van der Waals surface area contributed by atoms with Crippen molar-refractivity contribution >= 4 is 0 Å². The summed E-state index contributed by atoms with van der Waals surface area (Å²) in [6.07, 6.45) is 23.0. The van der Waals surface area contributed by atoms with Gasteiger partial charge in [-0.25, -0.2) is 4.98 Å². The molecule has 4 heteroatoms. The molecule has 0 aliphatic heterocycles. The lowest BCUT2D eigenvalue weighted by molar-refractivity contribution is -0.0295. The Morgan fingerprint density at radius 2 is 1.50 bits per heavy atom. The van der Waals surface area contributed by atoms with Crippen molar-refractivity contribution in [2.75, 3.05) is 13.2 Å².